The maximum absolute atomic E-state index is 13.8. The van der Waals surface area contributed by atoms with Crippen molar-refractivity contribution in [3.63, 3.8) is 0 Å². The van der Waals surface area contributed by atoms with Gasteiger partial charge in [0, 0.05) is 5.02 Å². The molecule has 0 aliphatic carbocycles. The van der Waals surface area contributed by atoms with Gasteiger partial charge in [-0.1, -0.05) is 35.9 Å². The van der Waals surface area contributed by atoms with E-state index in [1.807, 2.05) is 5.32 Å². The summed E-state index contributed by atoms with van der Waals surface area (Å²) < 4.78 is 41.3. The lowest BCUT2D eigenvalue weighted by molar-refractivity contribution is -0.285. The third kappa shape index (κ3) is 3.20. The Balaban J connectivity index is 2.18. The average molecular weight is 421 g/mol. The van der Waals surface area contributed by atoms with Crippen LogP contribution in [0.5, 0.6) is 0 Å². The van der Waals surface area contributed by atoms with Gasteiger partial charge in [0.15, 0.2) is 10.9 Å². The molecule has 2 heterocycles. The minimum Gasteiger partial charge on any atom is -0.363 e. The van der Waals surface area contributed by atoms with Gasteiger partial charge in [0.1, 0.15) is 5.92 Å². The molecule has 3 N–H and O–H groups in total. The van der Waals surface area contributed by atoms with Gasteiger partial charge in [-0.2, -0.15) is 13.2 Å². The number of ketones is 1. The molecule has 3 atom stereocenters. The molecule has 138 valence electrons. The van der Waals surface area contributed by atoms with E-state index in [9.17, 15) is 23.1 Å². The maximum atomic E-state index is 13.8. The second kappa shape index (κ2) is 6.80. The smallest absolute Gasteiger partial charge is 0.363 e. The van der Waals surface area contributed by atoms with E-state index >= 15 is 0 Å². The van der Waals surface area contributed by atoms with Gasteiger partial charge in [0.2, 0.25) is 5.72 Å². The van der Waals surface area contributed by atoms with Gasteiger partial charge < -0.3 is 15.7 Å². The molecule has 1 fully saturated rings. The summed E-state index contributed by atoms with van der Waals surface area (Å²) in [5, 5.41) is 16.3. The lowest BCUT2D eigenvalue weighted by Crippen LogP contribution is -2.72. The second-order valence-electron chi connectivity index (χ2n) is 5.68. The molecule has 1 aliphatic rings. The molecule has 1 aromatic carbocycles. The quantitative estimate of drug-likeness (QED) is 0.522. The Hall–Kier alpha value is -1.68. The maximum Gasteiger partial charge on any atom is 0.437 e. The number of thiocarbonyl (C=S) groups is 1. The molecule has 3 unspecified atom stereocenters. The van der Waals surface area contributed by atoms with Crippen molar-refractivity contribution in [3.8, 4) is 0 Å². The topological polar surface area (TPSA) is 61.4 Å². The summed E-state index contributed by atoms with van der Waals surface area (Å²) >= 11 is 12.0. The van der Waals surface area contributed by atoms with Gasteiger partial charge in [0.05, 0.1) is 10.9 Å². The number of benzene rings is 1. The van der Waals surface area contributed by atoms with Crippen molar-refractivity contribution in [1.82, 2.24) is 10.6 Å². The van der Waals surface area contributed by atoms with Crippen LogP contribution < -0.4 is 10.6 Å². The summed E-state index contributed by atoms with van der Waals surface area (Å²) in [5.41, 5.74) is -3.31. The van der Waals surface area contributed by atoms with E-state index in [2.05, 4.69) is 5.32 Å². The zero-order chi connectivity index (χ0) is 19.1. The zero-order valence-corrected chi connectivity index (χ0v) is 15.3. The van der Waals surface area contributed by atoms with Gasteiger partial charge in [-0.3, -0.25) is 4.79 Å². The number of thiophene rings is 1. The number of nitrogens with one attached hydrogen (secondary N) is 2. The molecule has 3 rings (SSSR count). The molecule has 0 bridgehead atoms. The number of carbonyl (C=O) groups excluding carboxylic acids is 1. The second-order valence-corrected chi connectivity index (χ2v) is 7.44. The van der Waals surface area contributed by atoms with Crippen LogP contribution in [0.1, 0.15) is 21.3 Å². The number of Topliss-reactive ketones (excluding diaryl/α,β-unsaturated/α-hetero) is 1. The van der Waals surface area contributed by atoms with Crippen LogP contribution in [0.25, 0.3) is 0 Å². The number of rotatable bonds is 3. The van der Waals surface area contributed by atoms with Crippen LogP contribution in [0.4, 0.5) is 13.2 Å². The lowest BCUT2D eigenvalue weighted by Gasteiger charge is -2.46. The van der Waals surface area contributed by atoms with Crippen LogP contribution in [0.3, 0.4) is 0 Å². The van der Waals surface area contributed by atoms with Crippen LogP contribution >= 0.6 is 35.2 Å². The number of alkyl halides is 3. The molecule has 0 radical (unpaired) electrons. The standard InChI is InChI=1S/C16H12ClF3N2O2S2/c17-9-5-2-1-4-8(9)12-11(13(23)10-6-3-7-26-10)15(24,16(18,19)20)22-14(25)21-12/h1-7,11-12,24H,(H2,21,22,25). The van der Waals surface area contributed by atoms with Gasteiger partial charge in [-0.15, -0.1) is 11.3 Å². The fourth-order valence-electron chi connectivity index (χ4n) is 2.90. The molecule has 2 aromatic rings. The van der Waals surface area contributed by atoms with Crippen molar-refractivity contribution in [2.75, 3.05) is 0 Å². The van der Waals surface area contributed by atoms with Crippen molar-refractivity contribution in [1.29, 1.82) is 0 Å². The van der Waals surface area contributed by atoms with Crippen molar-refractivity contribution >= 4 is 46.1 Å². The van der Waals surface area contributed by atoms with E-state index in [0.717, 1.165) is 11.3 Å². The first kappa shape index (κ1) is 19.1. The van der Waals surface area contributed by atoms with Gasteiger partial charge in [0.25, 0.3) is 0 Å². The molecule has 1 aliphatic heterocycles. The Labute approximate surface area is 161 Å². The Morgan fingerprint density at radius 2 is 1.96 bits per heavy atom. The highest BCUT2D eigenvalue weighted by atomic mass is 35.5. The van der Waals surface area contributed by atoms with Crippen molar-refractivity contribution in [2.45, 2.75) is 17.9 Å². The summed E-state index contributed by atoms with van der Waals surface area (Å²) in [7, 11) is 0. The SMILES string of the molecule is O=C(c1cccs1)C1C(c2ccccc2Cl)NC(=S)NC1(O)C(F)(F)F. The predicted octanol–water partition coefficient (Wildman–Crippen LogP) is 3.67. The molecule has 26 heavy (non-hydrogen) atoms. The predicted molar refractivity (Wildman–Crippen MR) is 96.2 cm³/mol. The molecule has 4 nitrogen and oxygen atoms in total. The van der Waals surface area contributed by atoms with Crippen LogP contribution in [0.15, 0.2) is 41.8 Å². The third-order valence-electron chi connectivity index (χ3n) is 4.09. The van der Waals surface area contributed by atoms with E-state index in [4.69, 9.17) is 23.8 Å². The first-order valence-corrected chi connectivity index (χ1v) is 9.01. The highest BCUT2D eigenvalue weighted by Gasteiger charge is 2.66. The normalized spacial score (nSPS) is 26.1. The van der Waals surface area contributed by atoms with Crippen LogP contribution in [-0.2, 0) is 0 Å². The number of halogens is 4. The fraction of sp³-hybridized carbons (Fsp3) is 0.250. The van der Waals surface area contributed by atoms with E-state index in [1.54, 1.807) is 23.6 Å². The molecule has 1 aromatic heterocycles. The Bertz CT molecular complexity index is 844. The number of hydrogen-bond donors (Lipinski definition) is 3. The molecule has 0 saturated carbocycles. The number of aliphatic hydroxyl groups is 1. The van der Waals surface area contributed by atoms with Crippen LogP contribution in [0.2, 0.25) is 5.02 Å². The summed E-state index contributed by atoms with van der Waals surface area (Å²) in [6.45, 7) is 0. The highest BCUT2D eigenvalue weighted by Crippen LogP contribution is 2.45. The van der Waals surface area contributed by atoms with E-state index in [-0.39, 0.29) is 15.5 Å². The summed E-state index contributed by atoms with van der Waals surface area (Å²) in [4.78, 5) is 13.0. The van der Waals surface area contributed by atoms with E-state index in [1.165, 1.54) is 18.2 Å². The Kier molecular flexibility index (Phi) is 5.00. The van der Waals surface area contributed by atoms with Crippen LogP contribution in [-0.4, -0.2) is 27.9 Å². The number of carbonyl (C=O) groups is 1. The van der Waals surface area contributed by atoms with E-state index in [0.29, 0.717) is 0 Å². The first-order valence-electron chi connectivity index (χ1n) is 7.35. The molecular weight excluding hydrogens is 409 g/mol. The van der Waals surface area contributed by atoms with Gasteiger partial charge >= 0.3 is 6.18 Å². The van der Waals surface area contributed by atoms with Crippen molar-refractivity contribution < 1.29 is 23.1 Å². The lowest BCUT2D eigenvalue weighted by atomic mass is 9.78. The third-order valence-corrected chi connectivity index (χ3v) is 5.54. The fourth-order valence-corrected chi connectivity index (χ4v) is 4.14. The minimum atomic E-state index is -5.16. The van der Waals surface area contributed by atoms with E-state index < -0.39 is 34.8 Å². The molecule has 0 amide bonds. The summed E-state index contributed by atoms with van der Waals surface area (Å²) in [6, 6.07) is 7.84. The van der Waals surface area contributed by atoms with Gasteiger partial charge in [-0.05, 0) is 35.3 Å². The Morgan fingerprint density at radius 1 is 1.27 bits per heavy atom. The zero-order valence-electron chi connectivity index (χ0n) is 12.9. The summed E-state index contributed by atoms with van der Waals surface area (Å²) in [6.07, 6.45) is -5.16. The molecular formula is C16H12ClF3N2O2S2. The monoisotopic (exact) mass is 420 g/mol. The van der Waals surface area contributed by atoms with Crippen molar-refractivity contribution in [2.24, 2.45) is 5.92 Å². The highest BCUT2D eigenvalue weighted by molar-refractivity contribution is 7.80. The number of hydrogen-bond acceptors (Lipinski definition) is 4. The Morgan fingerprint density at radius 3 is 2.54 bits per heavy atom. The molecule has 1 saturated heterocycles. The first-order chi connectivity index (χ1) is 12.1. The summed E-state index contributed by atoms with van der Waals surface area (Å²) in [5.74, 6) is -2.81. The largest absolute Gasteiger partial charge is 0.437 e. The molecule has 0 spiro atoms. The molecule has 10 heteroatoms. The minimum absolute atomic E-state index is 0.0890. The average Bonchev–Trinajstić information content (AvgIpc) is 3.07. The van der Waals surface area contributed by atoms with Crippen molar-refractivity contribution in [3.05, 3.63) is 57.2 Å². The van der Waals surface area contributed by atoms with Crippen LogP contribution in [0, 0.1) is 5.92 Å². The van der Waals surface area contributed by atoms with Gasteiger partial charge in [-0.25, -0.2) is 0 Å².